The Morgan fingerprint density at radius 3 is 2.18 bits per heavy atom. The summed E-state index contributed by atoms with van der Waals surface area (Å²) in [6.07, 6.45) is -0.631. The van der Waals surface area contributed by atoms with Crippen molar-refractivity contribution in [3.05, 3.63) is 0 Å². The van der Waals surface area contributed by atoms with Gasteiger partial charge in [-0.05, 0) is 6.42 Å². The van der Waals surface area contributed by atoms with Crippen molar-refractivity contribution in [1.29, 1.82) is 0 Å². The van der Waals surface area contributed by atoms with E-state index in [0.29, 0.717) is 0 Å². The van der Waals surface area contributed by atoms with Gasteiger partial charge in [-0.3, -0.25) is 9.59 Å². The first-order valence-corrected chi connectivity index (χ1v) is 4.60. The summed E-state index contributed by atoms with van der Waals surface area (Å²) < 4.78 is 0. The van der Waals surface area contributed by atoms with E-state index < -0.39 is 36.5 Å². The highest BCUT2D eigenvalue weighted by Crippen LogP contribution is 1.97. The Kier molecular flexibility index (Phi) is 6.08. The molecule has 0 aromatic rings. The Hall–Kier alpha value is -2.32. The summed E-state index contributed by atoms with van der Waals surface area (Å²) in [6, 6.07) is -2.23. The summed E-state index contributed by atoms with van der Waals surface area (Å²) in [5, 5.41) is 21.1. The number of carboxylic acids is 2. The fourth-order valence-corrected chi connectivity index (χ4v) is 0.938. The minimum absolute atomic E-state index is 0.243. The number of carboxylic acid groups (broad SMARTS) is 2. The van der Waals surface area contributed by atoms with Gasteiger partial charge in [0.2, 0.25) is 5.91 Å². The summed E-state index contributed by atoms with van der Waals surface area (Å²) in [6.45, 7) is -0.466. The van der Waals surface area contributed by atoms with Gasteiger partial charge in [0.1, 0.15) is 6.04 Å². The molecule has 3 amide bonds. The van der Waals surface area contributed by atoms with Crippen LogP contribution in [0, 0.1) is 0 Å². The lowest BCUT2D eigenvalue weighted by atomic mass is 10.1. The lowest BCUT2D eigenvalue weighted by Gasteiger charge is -2.13. The zero-order chi connectivity index (χ0) is 13.4. The minimum Gasteiger partial charge on any atom is -0.481 e. The number of primary amides is 1. The van der Waals surface area contributed by atoms with Gasteiger partial charge in [-0.25, -0.2) is 9.59 Å². The molecule has 0 spiro atoms. The number of nitrogens with two attached hydrogens (primary N) is 1. The molecule has 96 valence electrons. The van der Waals surface area contributed by atoms with Crippen molar-refractivity contribution in [1.82, 2.24) is 10.6 Å². The molecule has 0 radical (unpaired) electrons. The number of hydrogen-bond donors (Lipinski definition) is 5. The third kappa shape index (κ3) is 7.59. The molecule has 17 heavy (non-hydrogen) atoms. The van der Waals surface area contributed by atoms with Crippen molar-refractivity contribution in [3.8, 4) is 0 Å². The van der Waals surface area contributed by atoms with Gasteiger partial charge in [0.25, 0.3) is 0 Å². The molecule has 6 N–H and O–H groups in total. The van der Waals surface area contributed by atoms with E-state index in [1.807, 2.05) is 5.32 Å². The van der Waals surface area contributed by atoms with Crippen molar-refractivity contribution in [3.63, 3.8) is 0 Å². The first-order chi connectivity index (χ1) is 7.82. The highest BCUT2D eigenvalue weighted by Gasteiger charge is 2.20. The number of carbonyl (C=O) groups excluding carboxylic acids is 2. The van der Waals surface area contributed by atoms with Crippen LogP contribution in [0.15, 0.2) is 0 Å². The number of amides is 3. The highest BCUT2D eigenvalue weighted by molar-refractivity contribution is 5.87. The average molecular weight is 247 g/mol. The normalized spacial score (nSPS) is 11.3. The van der Waals surface area contributed by atoms with Crippen LogP contribution in [-0.2, 0) is 14.4 Å². The molecular formula is C8H13N3O6. The van der Waals surface area contributed by atoms with Gasteiger partial charge in [-0.1, -0.05) is 0 Å². The van der Waals surface area contributed by atoms with E-state index in [4.69, 9.17) is 15.9 Å². The topological polar surface area (TPSA) is 159 Å². The maximum absolute atomic E-state index is 11.1. The summed E-state index contributed by atoms with van der Waals surface area (Å²) in [7, 11) is 0. The second-order valence-corrected chi connectivity index (χ2v) is 3.11. The summed E-state index contributed by atoms with van der Waals surface area (Å²) >= 11 is 0. The first kappa shape index (κ1) is 14.7. The van der Waals surface area contributed by atoms with Gasteiger partial charge in [0, 0.05) is 6.42 Å². The molecule has 0 rings (SSSR count). The molecule has 0 aliphatic carbocycles. The molecule has 0 saturated carbocycles. The van der Waals surface area contributed by atoms with Crippen LogP contribution in [0.2, 0.25) is 0 Å². The third-order valence-corrected chi connectivity index (χ3v) is 1.70. The van der Waals surface area contributed by atoms with Crippen molar-refractivity contribution in [2.45, 2.75) is 18.9 Å². The number of carbonyl (C=O) groups is 4. The molecule has 0 bridgehead atoms. The molecule has 0 saturated heterocycles. The molecule has 0 aromatic carbocycles. The van der Waals surface area contributed by atoms with E-state index in [1.54, 1.807) is 0 Å². The zero-order valence-corrected chi connectivity index (χ0v) is 8.80. The molecular weight excluding hydrogens is 234 g/mol. The van der Waals surface area contributed by atoms with Gasteiger partial charge in [-0.15, -0.1) is 0 Å². The number of urea groups is 1. The zero-order valence-electron chi connectivity index (χ0n) is 8.80. The van der Waals surface area contributed by atoms with Gasteiger partial charge >= 0.3 is 18.0 Å². The first-order valence-electron chi connectivity index (χ1n) is 4.60. The molecule has 1 atom stereocenters. The lowest BCUT2D eigenvalue weighted by molar-refractivity contribution is -0.142. The van der Waals surface area contributed by atoms with Crippen LogP contribution < -0.4 is 16.4 Å². The maximum atomic E-state index is 11.1. The van der Waals surface area contributed by atoms with Crippen LogP contribution in [0.3, 0.4) is 0 Å². The Labute approximate surface area is 96.0 Å². The second kappa shape index (κ2) is 7.04. The van der Waals surface area contributed by atoms with Crippen molar-refractivity contribution < 1.29 is 29.4 Å². The standard InChI is InChI=1S/C8H13N3O6/c9-8(17)10-3-5(12)11-4(7(15)16)1-2-6(13)14/h4H,1-3H2,(H,11,12)(H,13,14)(H,15,16)(H3,9,10,17). The van der Waals surface area contributed by atoms with Gasteiger partial charge in [0.05, 0.1) is 6.54 Å². The van der Waals surface area contributed by atoms with Gasteiger partial charge < -0.3 is 26.6 Å². The van der Waals surface area contributed by atoms with Crippen LogP contribution in [-0.4, -0.2) is 46.7 Å². The SMILES string of the molecule is NC(=O)NCC(=O)NC(CCC(=O)O)C(=O)O. The molecule has 9 nitrogen and oxygen atoms in total. The van der Waals surface area contributed by atoms with Crippen LogP contribution in [0.25, 0.3) is 0 Å². The summed E-state index contributed by atoms with van der Waals surface area (Å²) in [4.78, 5) is 42.3. The van der Waals surface area contributed by atoms with Crippen LogP contribution in [0.1, 0.15) is 12.8 Å². The van der Waals surface area contributed by atoms with E-state index in [9.17, 15) is 19.2 Å². The second-order valence-electron chi connectivity index (χ2n) is 3.11. The maximum Gasteiger partial charge on any atom is 0.326 e. The molecule has 0 aromatic heterocycles. The number of nitrogens with one attached hydrogen (secondary N) is 2. The minimum atomic E-state index is -1.35. The Bertz CT molecular complexity index is 329. The quantitative estimate of drug-likeness (QED) is 0.353. The Morgan fingerprint density at radius 2 is 1.76 bits per heavy atom. The lowest BCUT2D eigenvalue weighted by Crippen LogP contribution is -2.46. The molecule has 9 heteroatoms. The molecule has 0 aliphatic rings. The fourth-order valence-electron chi connectivity index (χ4n) is 0.938. The van der Waals surface area contributed by atoms with Crippen LogP contribution in [0.5, 0.6) is 0 Å². The summed E-state index contributed by atoms with van der Waals surface area (Å²) in [5.41, 5.74) is 4.71. The van der Waals surface area contributed by atoms with E-state index >= 15 is 0 Å². The smallest absolute Gasteiger partial charge is 0.326 e. The highest BCUT2D eigenvalue weighted by atomic mass is 16.4. The molecule has 1 unspecified atom stereocenters. The van der Waals surface area contributed by atoms with Crippen molar-refractivity contribution in [2.75, 3.05) is 6.54 Å². The number of rotatable bonds is 7. The third-order valence-electron chi connectivity index (χ3n) is 1.70. The van der Waals surface area contributed by atoms with E-state index in [1.165, 1.54) is 0 Å². The van der Waals surface area contributed by atoms with Crippen LogP contribution >= 0.6 is 0 Å². The predicted octanol–water partition coefficient (Wildman–Crippen LogP) is -1.91. The van der Waals surface area contributed by atoms with E-state index in [-0.39, 0.29) is 12.8 Å². The largest absolute Gasteiger partial charge is 0.481 e. The molecule has 0 aliphatic heterocycles. The average Bonchev–Trinajstić information content (AvgIpc) is 2.20. The Morgan fingerprint density at radius 1 is 1.18 bits per heavy atom. The molecule has 0 heterocycles. The Balaban J connectivity index is 4.15. The number of aliphatic carboxylic acids is 2. The number of hydrogen-bond acceptors (Lipinski definition) is 4. The van der Waals surface area contributed by atoms with E-state index in [2.05, 4.69) is 5.32 Å². The fraction of sp³-hybridized carbons (Fsp3) is 0.500. The van der Waals surface area contributed by atoms with E-state index in [0.717, 1.165) is 0 Å². The van der Waals surface area contributed by atoms with Gasteiger partial charge in [-0.2, -0.15) is 0 Å². The monoisotopic (exact) mass is 247 g/mol. The predicted molar refractivity (Wildman–Crippen MR) is 54.0 cm³/mol. The van der Waals surface area contributed by atoms with Gasteiger partial charge in [0.15, 0.2) is 0 Å². The summed E-state index contributed by atoms with van der Waals surface area (Å²) in [5.74, 6) is -3.28. The van der Waals surface area contributed by atoms with Crippen molar-refractivity contribution in [2.24, 2.45) is 5.73 Å². The van der Waals surface area contributed by atoms with Crippen molar-refractivity contribution >= 4 is 23.9 Å². The molecule has 0 fully saturated rings. The van der Waals surface area contributed by atoms with Crippen LogP contribution in [0.4, 0.5) is 4.79 Å².